The summed E-state index contributed by atoms with van der Waals surface area (Å²) in [6.07, 6.45) is 0. The van der Waals surface area contributed by atoms with Crippen LogP contribution in [-0.2, 0) is 0 Å². The van der Waals surface area contributed by atoms with Crippen LogP contribution in [0.4, 0.5) is 10.1 Å². The average molecular weight is 354 g/mol. The van der Waals surface area contributed by atoms with Crippen molar-refractivity contribution >= 4 is 27.4 Å². The van der Waals surface area contributed by atoms with E-state index in [1.165, 1.54) is 36.4 Å². The Bertz CT molecular complexity index is 705. The number of nitro benzene ring substituents is 1. The van der Waals surface area contributed by atoms with Crippen molar-refractivity contribution in [3.63, 3.8) is 0 Å². The SMILES string of the molecule is O=C(COc1cc([N+](=O)[O-])ccc1Br)c1cccc(F)c1. The molecule has 0 saturated heterocycles. The first kappa shape index (κ1) is 15.1. The van der Waals surface area contributed by atoms with Crippen LogP contribution in [-0.4, -0.2) is 17.3 Å². The van der Waals surface area contributed by atoms with Crippen molar-refractivity contribution in [1.29, 1.82) is 0 Å². The summed E-state index contributed by atoms with van der Waals surface area (Å²) in [6.45, 7) is -0.344. The zero-order chi connectivity index (χ0) is 15.4. The summed E-state index contributed by atoms with van der Waals surface area (Å²) >= 11 is 3.18. The Kier molecular flexibility index (Phi) is 4.64. The van der Waals surface area contributed by atoms with Gasteiger partial charge in [-0.3, -0.25) is 14.9 Å². The number of rotatable bonds is 5. The molecule has 0 aromatic heterocycles. The lowest BCUT2D eigenvalue weighted by atomic mass is 10.1. The van der Waals surface area contributed by atoms with E-state index in [9.17, 15) is 19.3 Å². The number of nitrogens with zero attached hydrogens (tertiary/aromatic N) is 1. The summed E-state index contributed by atoms with van der Waals surface area (Å²) in [5, 5.41) is 10.7. The van der Waals surface area contributed by atoms with Gasteiger partial charge >= 0.3 is 0 Å². The predicted molar refractivity (Wildman–Crippen MR) is 77.0 cm³/mol. The Morgan fingerprint density at radius 2 is 2.05 bits per heavy atom. The number of non-ortho nitro benzene ring substituents is 1. The molecule has 0 N–H and O–H groups in total. The van der Waals surface area contributed by atoms with Crippen molar-refractivity contribution in [2.75, 3.05) is 6.61 Å². The van der Waals surface area contributed by atoms with Crippen LogP contribution in [0, 0.1) is 15.9 Å². The van der Waals surface area contributed by atoms with Crippen LogP contribution in [0.15, 0.2) is 46.9 Å². The molecule has 2 aromatic rings. The van der Waals surface area contributed by atoms with Gasteiger partial charge in [0.25, 0.3) is 5.69 Å². The fraction of sp³-hybridized carbons (Fsp3) is 0.0714. The first-order valence-corrected chi connectivity index (χ1v) is 6.62. The molecule has 5 nitrogen and oxygen atoms in total. The molecule has 2 rings (SSSR count). The van der Waals surface area contributed by atoms with Crippen LogP contribution in [0.1, 0.15) is 10.4 Å². The van der Waals surface area contributed by atoms with Gasteiger partial charge in [-0.25, -0.2) is 4.39 Å². The van der Waals surface area contributed by atoms with Gasteiger partial charge in [-0.15, -0.1) is 0 Å². The van der Waals surface area contributed by atoms with Crippen molar-refractivity contribution in [1.82, 2.24) is 0 Å². The van der Waals surface area contributed by atoms with E-state index in [-0.39, 0.29) is 23.6 Å². The highest BCUT2D eigenvalue weighted by molar-refractivity contribution is 9.10. The van der Waals surface area contributed by atoms with E-state index in [0.29, 0.717) is 4.47 Å². The van der Waals surface area contributed by atoms with E-state index >= 15 is 0 Å². The van der Waals surface area contributed by atoms with Gasteiger partial charge < -0.3 is 4.74 Å². The molecule has 0 unspecified atom stereocenters. The van der Waals surface area contributed by atoms with Gasteiger partial charge in [-0.1, -0.05) is 12.1 Å². The number of hydrogen-bond donors (Lipinski definition) is 0. The third kappa shape index (κ3) is 3.85. The number of ether oxygens (including phenoxy) is 1. The fourth-order valence-corrected chi connectivity index (χ4v) is 1.97. The van der Waals surface area contributed by atoms with Gasteiger partial charge in [0.15, 0.2) is 12.4 Å². The van der Waals surface area contributed by atoms with E-state index in [2.05, 4.69) is 15.9 Å². The topological polar surface area (TPSA) is 69.4 Å². The highest BCUT2D eigenvalue weighted by Gasteiger charge is 2.13. The maximum Gasteiger partial charge on any atom is 0.273 e. The molecule has 108 valence electrons. The molecule has 21 heavy (non-hydrogen) atoms. The van der Waals surface area contributed by atoms with Gasteiger partial charge in [0.05, 0.1) is 15.5 Å². The molecule has 0 heterocycles. The number of carbonyl (C=O) groups excluding carboxylic acids is 1. The molecule has 7 heteroatoms. The number of nitro groups is 1. The second-order valence-electron chi connectivity index (χ2n) is 4.09. The minimum atomic E-state index is -0.562. The molecule has 2 aromatic carbocycles. The molecular weight excluding hydrogens is 345 g/mol. The van der Waals surface area contributed by atoms with Crippen LogP contribution in [0.2, 0.25) is 0 Å². The van der Waals surface area contributed by atoms with Gasteiger partial charge in [0.2, 0.25) is 0 Å². The third-order valence-electron chi connectivity index (χ3n) is 2.63. The van der Waals surface area contributed by atoms with Crippen LogP contribution in [0.5, 0.6) is 5.75 Å². The lowest BCUT2D eigenvalue weighted by Crippen LogP contribution is -2.12. The van der Waals surface area contributed by atoms with Crippen LogP contribution in [0.3, 0.4) is 0 Å². The summed E-state index contributed by atoms with van der Waals surface area (Å²) in [5.74, 6) is -0.765. The highest BCUT2D eigenvalue weighted by Crippen LogP contribution is 2.29. The third-order valence-corrected chi connectivity index (χ3v) is 3.29. The number of ketones is 1. The average Bonchev–Trinajstić information content (AvgIpc) is 2.45. The first-order chi connectivity index (χ1) is 9.97. The lowest BCUT2D eigenvalue weighted by molar-refractivity contribution is -0.384. The number of carbonyl (C=O) groups is 1. The smallest absolute Gasteiger partial charge is 0.273 e. The standard InChI is InChI=1S/C14H9BrFNO4/c15-12-5-4-11(17(19)20)7-14(12)21-8-13(18)9-2-1-3-10(16)6-9/h1-7H,8H2. The summed E-state index contributed by atoms with van der Waals surface area (Å²) in [5.41, 5.74) is 0.0305. The van der Waals surface area contributed by atoms with Gasteiger partial charge in [-0.2, -0.15) is 0 Å². The maximum absolute atomic E-state index is 13.0. The van der Waals surface area contributed by atoms with Crippen molar-refractivity contribution in [2.45, 2.75) is 0 Å². The summed E-state index contributed by atoms with van der Waals surface area (Å²) in [6, 6.07) is 9.21. The van der Waals surface area contributed by atoms with E-state index in [1.807, 2.05) is 0 Å². The molecule has 0 radical (unpaired) electrons. The van der Waals surface area contributed by atoms with Gasteiger partial charge in [-0.05, 0) is 34.1 Å². The second kappa shape index (κ2) is 6.45. The lowest BCUT2D eigenvalue weighted by Gasteiger charge is -2.07. The largest absolute Gasteiger partial charge is 0.484 e. The molecule has 0 aliphatic carbocycles. The van der Waals surface area contributed by atoms with Crippen LogP contribution < -0.4 is 4.74 Å². The second-order valence-corrected chi connectivity index (χ2v) is 4.95. The molecule has 0 amide bonds. The number of halogens is 2. The quantitative estimate of drug-likeness (QED) is 0.466. The summed E-state index contributed by atoms with van der Waals surface area (Å²) in [4.78, 5) is 22.0. The van der Waals surface area contributed by atoms with Crippen molar-refractivity contribution in [2.24, 2.45) is 0 Å². The van der Waals surface area contributed by atoms with E-state index in [0.717, 1.165) is 6.07 Å². The molecule has 0 atom stereocenters. The Hall–Kier alpha value is -2.28. The maximum atomic E-state index is 13.0. The number of Topliss-reactive ketones (excluding diaryl/α,β-unsaturated/α-hetero) is 1. The Morgan fingerprint density at radius 3 is 2.71 bits per heavy atom. The first-order valence-electron chi connectivity index (χ1n) is 5.83. The summed E-state index contributed by atoms with van der Waals surface area (Å²) in [7, 11) is 0. The van der Waals surface area contributed by atoms with E-state index in [1.54, 1.807) is 0 Å². The molecule has 0 saturated carbocycles. The molecule has 0 bridgehead atoms. The summed E-state index contributed by atoms with van der Waals surface area (Å²) < 4.78 is 18.8. The molecular formula is C14H9BrFNO4. The highest BCUT2D eigenvalue weighted by atomic mass is 79.9. The van der Waals surface area contributed by atoms with Crippen molar-refractivity contribution in [3.05, 3.63) is 68.4 Å². The normalized spacial score (nSPS) is 10.2. The van der Waals surface area contributed by atoms with E-state index < -0.39 is 16.5 Å². The molecule has 0 aliphatic heterocycles. The molecule has 0 spiro atoms. The zero-order valence-electron chi connectivity index (χ0n) is 10.6. The zero-order valence-corrected chi connectivity index (χ0v) is 12.2. The Balaban J connectivity index is 2.11. The van der Waals surface area contributed by atoms with Gasteiger partial charge in [0.1, 0.15) is 11.6 Å². The van der Waals surface area contributed by atoms with Crippen molar-refractivity contribution < 1.29 is 18.8 Å². The minimum Gasteiger partial charge on any atom is -0.484 e. The monoisotopic (exact) mass is 353 g/mol. The van der Waals surface area contributed by atoms with E-state index in [4.69, 9.17) is 4.74 Å². The fourth-order valence-electron chi connectivity index (χ4n) is 1.60. The number of hydrogen-bond acceptors (Lipinski definition) is 4. The van der Waals surface area contributed by atoms with Crippen molar-refractivity contribution in [3.8, 4) is 5.75 Å². The van der Waals surface area contributed by atoms with Crippen LogP contribution in [0.25, 0.3) is 0 Å². The predicted octanol–water partition coefficient (Wildman–Crippen LogP) is 3.76. The van der Waals surface area contributed by atoms with Gasteiger partial charge in [0, 0.05) is 11.6 Å². The molecule has 0 fully saturated rings. The molecule has 0 aliphatic rings. The van der Waals surface area contributed by atoms with Crippen LogP contribution >= 0.6 is 15.9 Å². The minimum absolute atomic E-state index is 0.147. The number of benzene rings is 2. The Labute approximate surface area is 127 Å². The Morgan fingerprint density at radius 1 is 1.29 bits per heavy atom.